The molecule has 0 unspecified atom stereocenters. The molecule has 1 aliphatic carbocycles. The first kappa shape index (κ1) is 25.3. The fraction of sp³-hybridized carbons (Fsp3) is 0.318. The lowest BCUT2D eigenvalue weighted by Crippen LogP contribution is -2.27. The fourth-order valence-electron chi connectivity index (χ4n) is 3.52. The normalized spacial score (nSPS) is 13.2. The van der Waals surface area contributed by atoms with Crippen molar-refractivity contribution in [2.45, 2.75) is 25.7 Å². The Labute approximate surface area is 202 Å². The summed E-state index contributed by atoms with van der Waals surface area (Å²) >= 11 is 1.91. The molecule has 3 rings (SSSR count). The summed E-state index contributed by atoms with van der Waals surface area (Å²) in [7, 11) is 1.34. The number of hydrogen-bond donors (Lipinski definition) is 4. The number of hydroxylamine groups is 2. The lowest BCUT2D eigenvalue weighted by atomic mass is 10.00. The molecule has 2 aromatic carbocycles. The number of amides is 1. The number of carbonyl (C=O) groups is 1. The van der Waals surface area contributed by atoms with Crippen LogP contribution in [0.25, 0.3) is 5.70 Å². The number of rotatable bonds is 9. The third-order valence-corrected chi connectivity index (χ3v) is 5.71. The third-order valence-electron chi connectivity index (χ3n) is 5.03. The van der Waals surface area contributed by atoms with Gasteiger partial charge in [0, 0.05) is 9.13 Å². The minimum Gasteiger partial charge on any atom is -0.394 e. The summed E-state index contributed by atoms with van der Waals surface area (Å²) in [5.74, 6) is -4.21. The van der Waals surface area contributed by atoms with Crippen LogP contribution in [0.4, 0.5) is 24.5 Å². The summed E-state index contributed by atoms with van der Waals surface area (Å²) in [5, 5.41) is 11.4. The van der Waals surface area contributed by atoms with Gasteiger partial charge in [0.15, 0.2) is 11.6 Å². The lowest BCUT2D eigenvalue weighted by Gasteiger charge is -2.19. The Kier molecular flexibility index (Phi) is 8.95. The number of allylic oxidation sites excluding steroid dienone is 1. The summed E-state index contributed by atoms with van der Waals surface area (Å²) in [6.07, 6.45) is 3.12. The van der Waals surface area contributed by atoms with Crippen LogP contribution >= 0.6 is 22.6 Å². The average molecular weight is 577 g/mol. The molecule has 0 aliphatic heterocycles. The van der Waals surface area contributed by atoms with E-state index in [1.807, 2.05) is 22.6 Å². The Morgan fingerprint density at radius 1 is 1.09 bits per heavy atom. The molecule has 1 fully saturated rings. The molecule has 0 bridgehead atoms. The topological polar surface area (TPSA) is 91.9 Å². The van der Waals surface area contributed by atoms with E-state index in [-0.39, 0.29) is 35.7 Å². The summed E-state index contributed by atoms with van der Waals surface area (Å²) in [6.45, 7) is -0.576. The molecule has 0 radical (unpaired) electrons. The number of carbonyl (C=O) groups excluding carboxylic acids is 1. The number of hydrogen-bond acceptors (Lipinski definition) is 6. The number of anilines is 2. The van der Waals surface area contributed by atoms with Crippen LogP contribution in [0, 0.1) is 21.0 Å². The van der Waals surface area contributed by atoms with Gasteiger partial charge in [-0.1, -0.05) is 0 Å². The first-order chi connectivity index (χ1) is 15.9. The van der Waals surface area contributed by atoms with Crippen molar-refractivity contribution in [3.63, 3.8) is 0 Å². The second kappa shape index (κ2) is 11.7. The minimum atomic E-state index is -1.37. The molecule has 33 heavy (non-hydrogen) atoms. The minimum absolute atomic E-state index is 0.142. The summed E-state index contributed by atoms with van der Waals surface area (Å²) in [6, 6.07) is 5.28. The first-order valence-electron chi connectivity index (χ1n) is 10.2. The highest BCUT2D eigenvalue weighted by atomic mass is 127. The van der Waals surface area contributed by atoms with E-state index in [0.29, 0.717) is 16.4 Å². The van der Waals surface area contributed by atoms with E-state index in [1.165, 1.54) is 19.2 Å². The molecular weight excluding hydrogens is 554 g/mol. The number of halogens is 4. The van der Waals surface area contributed by atoms with Gasteiger partial charge in [0.25, 0.3) is 5.91 Å². The SMILES string of the molecule is CONC(=C1CCCC1)c1cc(C(=O)NOCCO)c(Nc2ccc(I)cc2F)c(F)c1F. The zero-order valence-corrected chi connectivity index (χ0v) is 19.9. The van der Waals surface area contributed by atoms with Crippen LogP contribution in [-0.4, -0.2) is 31.3 Å². The predicted octanol–water partition coefficient (Wildman–Crippen LogP) is 4.54. The van der Waals surface area contributed by atoms with Crippen LogP contribution in [0.2, 0.25) is 0 Å². The highest BCUT2D eigenvalue weighted by Crippen LogP contribution is 2.36. The zero-order chi connectivity index (χ0) is 24.0. The second-order valence-corrected chi connectivity index (χ2v) is 8.46. The summed E-state index contributed by atoms with van der Waals surface area (Å²) in [4.78, 5) is 22.6. The van der Waals surface area contributed by atoms with Gasteiger partial charge in [-0.2, -0.15) is 0 Å². The van der Waals surface area contributed by atoms with Crippen molar-refractivity contribution in [3.8, 4) is 0 Å². The van der Waals surface area contributed by atoms with Crippen LogP contribution in [0.15, 0.2) is 29.8 Å². The van der Waals surface area contributed by atoms with E-state index in [4.69, 9.17) is 14.8 Å². The van der Waals surface area contributed by atoms with Gasteiger partial charge in [-0.15, -0.1) is 0 Å². The molecule has 11 heteroatoms. The van der Waals surface area contributed by atoms with Gasteiger partial charge in [-0.05, 0) is 78.1 Å². The highest BCUT2D eigenvalue weighted by molar-refractivity contribution is 14.1. The van der Waals surface area contributed by atoms with Gasteiger partial charge in [-0.25, -0.2) is 18.7 Å². The van der Waals surface area contributed by atoms with Crippen molar-refractivity contribution < 1.29 is 32.7 Å². The van der Waals surface area contributed by atoms with Crippen molar-refractivity contribution in [1.29, 1.82) is 0 Å². The van der Waals surface area contributed by atoms with Crippen molar-refractivity contribution in [2.24, 2.45) is 0 Å². The van der Waals surface area contributed by atoms with Gasteiger partial charge in [0.05, 0.1) is 43.0 Å². The molecule has 0 heterocycles. The Morgan fingerprint density at radius 2 is 1.82 bits per heavy atom. The Bertz CT molecular complexity index is 1060. The third kappa shape index (κ3) is 5.96. The summed E-state index contributed by atoms with van der Waals surface area (Å²) in [5.41, 5.74) is 4.53. The second-order valence-electron chi connectivity index (χ2n) is 7.22. The first-order valence-corrected chi connectivity index (χ1v) is 11.2. The van der Waals surface area contributed by atoms with Gasteiger partial charge >= 0.3 is 0 Å². The molecule has 1 aliphatic rings. The molecule has 1 saturated carbocycles. The number of aliphatic hydroxyl groups excluding tert-OH is 1. The smallest absolute Gasteiger partial charge is 0.277 e. The van der Waals surface area contributed by atoms with Crippen LogP contribution < -0.4 is 16.3 Å². The number of aliphatic hydroxyl groups is 1. The van der Waals surface area contributed by atoms with Crippen molar-refractivity contribution in [2.75, 3.05) is 25.6 Å². The van der Waals surface area contributed by atoms with E-state index in [1.54, 1.807) is 6.07 Å². The van der Waals surface area contributed by atoms with E-state index in [2.05, 4.69) is 16.3 Å². The molecule has 1 amide bonds. The molecule has 2 aromatic rings. The highest BCUT2D eigenvalue weighted by Gasteiger charge is 2.27. The molecule has 0 spiro atoms. The standard InChI is InChI=1S/C22H23F3IN3O4/c1-32-28-20(12-4-2-3-5-12)14-11-15(22(31)29-33-9-8-30)21(19(25)18(14)24)27-17-7-6-13(26)10-16(17)23/h6-7,10-11,27-28,30H,2-5,8-9H2,1H3,(H,29,31). The molecule has 4 N–H and O–H groups in total. The van der Waals surface area contributed by atoms with E-state index in [0.717, 1.165) is 24.5 Å². The largest absolute Gasteiger partial charge is 0.394 e. The number of benzene rings is 2. The molecule has 0 aromatic heterocycles. The molecule has 7 nitrogen and oxygen atoms in total. The molecular formula is C22H23F3IN3O4. The van der Waals surface area contributed by atoms with Crippen LogP contribution in [0.1, 0.15) is 41.6 Å². The van der Waals surface area contributed by atoms with Crippen LogP contribution in [0.5, 0.6) is 0 Å². The lowest BCUT2D eigenvalue weighted by molar-refractivity contribution is 0.0168. The molecule has 0 saturated heterocycles. The van der Waals surface area contributed by atoms with Crippen LogP contribution in [-0.2, 0) is 9.68 Å². The van der Waals surface area contributed by atoms with Crippen molar-refractivity contribution in [3.05, 3.63) is 62.0 Å². The average Bonchev–Trinajstić information content (AvgIpc) is 3.32. The zero-order valence-electron chi connectivity index (χ0n) is 17.7. The fourth-order valence-corrected chi connectivity index (χ4v) is 3.98. The van der Waals surface area contributed by atoms with E-state index in [9.17, 15) is 9.18 Å². The maximum atomic E-state index is 15.3. The molecule has 178 valence electrons. The Hall–Kier alpha value is -2.35. The monoisotopic (exact) mass is 577 g/mol. The quantitative estimate of drug-likeness (QED) is 0.199. The number of nitrogens with one attached hydrogen (secondary N) is 3. The predicted molar refractivity (Wildman–Crippen MR) is 125 cm³/mol. The van der Waals surface area contributed by atoms with Gasteiger partial charge in [-0.3, -0.25) is 19.9 Å². The Balaban J connectivity index is 2.14. The van der Waals surface area contributed by atoms with Crippen LogP contribution in [0.3, 0.4) is 0 Å². The van der Waals surface area contributed by atoms with Gasteiger partial charge < -0.3 is 10.4 Å². The van der Waals surface area contributed by atoms with Gasteiger partial charge in [0.2, 0.25) is 0 Å². The van der Waals surface area contributed by atoms with Crippen molar-refractivity contribution >= 4 is 45.6 Å². The van der Waals surface area contributed by atoms with E-state index >= 15 is 8.78 Å². The molecule has 0 atom stereocenters. The van der Waals surface area contributed by atoms with Gasteiger partial charge in [0.1, 0.15) is 5.82 Å². The Morgan fingerprint density at radius 3 is 2.45 bits per heavy atom. The summed E-state index contributed by atoms with van der Waals surface area (Å²) < 4.78 is 45.6. The van der Waals surface area contributed by atoms with E-state index < -0.39 is 29.0 Å². The van der Waals surface area contributed by atoms with Crippen molar-refractivity contribution in [1.82, 2.24) is 11.0 Å². The maximum Gasteiger partial charge on any atom is 0.277 e. The maximum absolute atomic E-state index is 15.3.